The highest BCUT2D eigenvalue weighted by atomic mass is 16.5. The van der Waals surface area contributed by atoms with Crippen LogP contribution in [0.4, 0.5) is 0 Å². The lowest BCUT2D eigenvalue weighted by molar-refractivity contribution is 0.129. The summed E-state index contributed by atoms with van der Waals surface area (Å²) < 4.78 is 5.19. The summed E-state index contributed by atoms with van der Waals surface area (Å²) in [5, 5.41) is 3.63. The predicted octanol–water partition coefficient (Wildman–Crippen LogP) is 2.05. The molecule has 0 radical (unpaired) electrons. The highest BCUT2D eigenvalue weighted by molar-refractivity contribution is 5.20. The van der Waals surface area contributed by atoms with Gasteiger partial charge in [-0.05, 0) is 25.0 Å². The van der Waals surface area contributed by atoms with Crippen molar-refractivity contribution in [1.29, 1.82) is 0 Å². The van der Waals surface area contributed by atoms with Gasteiger partial charge >= 0.3 is 0 Å². The van der Waals surface area contributed by atoms with Crippen LogP contribution in [0.1, 0.15) is 32.3 Å². The van der Waals surface area contributed by atoms with Gasteiger partial charge in [-0.1, -0.05) is 13.3 Å². The number of piperazine rings is 1. The summed E-state index contributed by atoms with van der Waals surface area (Å²) in [4.78, 5) is 6.71. The van der Waals surface area contributed by atoms with Crippen LogP contribution in [0.25, 0.3) is 0 Å². The van der Waals surface area contributed by atoms with Crippen LogP contribution in [0.3, 0.4) is 0 Å². The standard InChI is InChI=1S/C15H25N3O/c1-4-5-14-11-18(12(2)9-17-14)10-13-6-7-16-15(8-13)19-3/h6-8,12,14,17H,4-5,9-11H2,1-3H3. The van der Waals surface area contributed by atoms with E-state index >= 15 is 0 Å². The Morgan fingerprint density at radius 1 is 1.53 bits per heavy atom. The van der Waals surface area contributed by atoms with E-state index in [0.29, 0.717) is 18.0 Å². The van der Waals surface area contributed by atoms with E-state index in [0.717, 1.165) is 19.6 Å². The molecule has 0 aromatic carbocycles. The normalized spacial score (nSPS) is 24.4. The van der Waals surface area contributed by atoms with Crippen LogP contribution in [0, 0.1) is 0 Å². The first-order valence-electron chi connectivity index (χ1n) is 7.19. The lowest BCUT2D eigenvalue weighted by atomic mass is 10.1. The molecule has 2 atom stereocenters. The number of methoxy groups -OCH3 is 1. The zero-order valence-corrected chi connectivity index (χ0v) is 12.2. The van der Waals surface area contributed by atoms with Crippen LogP contribution < -0.4 is 10.1 Å². The Hall–Kier alpha value is -1.13. The summed E-state index contributed by atoms with van der Waals surface area (Å²) in [5.74, 6) is 0.699. The van der Waals surface area contributed by atoms with Crippen molar-refractivity contribution in [2.45, 2.75) is 45.3 Å². The van der Waals surface area contributed by atoms with Gasteiger partial charge in [-0.25, -0.2) is 4.98 Å². The molecular formula is C15H25N3O. The van der Waals surface area contributed by atoms with Gasteiger partial charge in [0.1, 0.15) is 0 Å². The van der Waals surface area contributed by atoms with E-state index in [1.54, 1.807) is 7.11 Å². The maximum atomic E-state index is 5.19. The van der Waals surface area contributed by atoms with Crippen LogP contribution in [-0.2, 0) is 6.54 Å². The van der Waals surface area contributed by atoms with Gasteiger partial charge in [0.25, 0.3) is 0 Å². The predicted molar refractivity (Wildman–Crippen MR) is 77.4 cm³/mol. The van der Waals surface area contributed by atoms with Crippen molar-refractivity contribution in [3.63, 3.8) is 0 Å². The molecule has 1 N–H and O–H groups in total. The van der Waals surface area contributed by atoms with E-state index in [2.05, 4.69) is 35.1 Å². The zero-order valence-electron chi connectivity index (χ0n) is 12.2. The lowest BCUT2D eigenvalue weighted by Gasteiger charge is -2.39. The van der Waals surface area contributed by atoms with Crippen LogP contribution in [0.5, 0.6) is 5.88 Å². The molecule has 0 saturated carbocycles. The molecule has 0 aliphatic carbocycles. The molecule has 106 valence electrons. The Kier molecular flexibility index (Phi) is 5.16. The van der Waals surface area contributed by atoms with Gasteiger partial charge in [-0.2, -0.15) is 0 Å². The fraction of sp³-hybridized carbons (Fsp3) is 0.667. The third-order valence-electron chi connectivity index (χ3n) is 3.81. The first-order chi connectivity index (χ1) is 9.22. The van der Waals surface area contributed by atoms with Crippen molar-refractivity contribution in [2.24, 2.45) is 0 Å². The summed E-state index contributed by atoms with van der Waals surface area (Å²) in [6.45, 7) is 7.71. The fourth-order valence-electron chi connectivity index (χ4n) is 2.65. The molecule has 2 unspecified atom stereocenters. The van der Waals surface area contributed by atoms with E-state index in [4.69, 9.17) is 4.74 Å². The van der Waals surface area contributed by atoms with E-state index in [1.807, 2.05) is 12.3 Å². The summed E-state index contributed by atoms with van der Waals surface area (Å²) in [6, 6.07) is 5.31. The largest absolute Gasteiger partial charge is 0.481 e. The number of hydrogen-bond acceptors (Lipinski definition) is 4. The molecular weight excluding hydrogens is 238 g/mol. The average Bonchev–Trinajstić information content (AvgIpc) is 2.43. The maximum absolute atomic E-state index is 5.19. The van der Waals surface area contributed by atoms with Crippen molar-refractivity contribution in [1.82, 2.24) is 15.2 Å². The molecule has 1 aromatic rings. The fourth-order valence-corrected chi connectivity index (χ4v) is 2.65. The highest BCUT2D eigenvalue weighted by Crippen LogP contribution is 2.16. The smallest absolute Gasteiger partial charge is 0.213 e. The van der Waals surface area contributed by atoms with Gasteiger partial charge in [0.2, 0.25) is 5.88 Å². The summed E-state index contributed by atoms with van der Waals surface area (Å²) in [5.41, 5.74) is 1.27. The van der Waals surface area contributed by atoms with Crippen molar-refractivity contribution in [3.05, 3.63) is 23.9 Å². The lowest BCUT2D eigenvalue weighted by Crippen LogP contribution is -2.54. The highest BCUT2D eigenvalue weighted by Gasteiger charge is 2.24. The van der Waals surface area contributed by atoms with Crippen LogP contribution >= 0.6 is 0 Å². The average molecular weight is 263 g/mol. The Morgan fingerprint density at radius 2 is 2.37 bits per heavy atom. The minimum atomic E-state index is 0.576. The minimum Gasteiger partial charge on any atom is -0.481 e. The third-order valence-corrected chi connectivity index (χ3v) is 3.81. The van der Waals surface area contributed by atoms with Crippen molar-refractivity contribution < 1.29 is 4.74 Å². The molecule has 1 fully saturated rings. The van der Waals surface area contributed by atoms with Gasteiger partial charge in [-0.3, -0.25) is 4.90 Å². The molecule has 4 nitrogen and oxygen atoms in total. The quantitative estimate of drug-likeness (QED) is 0.882. The summed E-state index contributed by atoms with van der Waals surface area (Å²) in [6.07, 6.45) is 4.32. The number of nitrogens with one attached hydrogen (secondary N) is 1. The SMILES string of the molecule is CCCC1CN(Cc2ccnc(OC)c2)C(C)CN1. The number of aromatic nitrogens is 1. The molecule has 1 aliphatic heterocycles. The Labute approximate surface area is 116 Å². The molecule has 1 aromatic heterocycles. The molecule has 0 bridgehead atoms. The molecule has 19 heavy (non-hydrogen) atoms. The van der Waals surface area contributed by atoms with E-state index in [-0.39, 0.29) is 0 Å². The summed E-state index contributed by atoms with van der Waals surface area (Å²) >= 11 is 0. The molecule has 1 aliphatic rings. The van der Waals surface area contributed by atoms with Gasteiger partial charge in [0.15, 0.2) is 0 Å². The maximum Gasteiger partial charge on any atom is 0.213 e. The number of ether oxygens (including phenoxy) is 1. The molecule has 1 saturated heterocycles. The molecule has 0 amide bonds. The Bertz CT molecular complexity index is 397. The Morgan fingerprint density at radius 3 is 3.11 bits per heavy atom. The minimum absolute atomic E-state index is 0.576. The second kappa shape index (κ2) is 6.87. The van der Waals surface area contributed by atoms with E-state index in [9.17, 15) is 0 Å². The summed E-state index contributed by atoms with van der Waals surface area (Å²) in [7, 11) is 1.66. The first-order valence-corrected chi connectivity index (χ1v) is 7.19. The monoisotopic (exact) mass is 263 g/mol. The van der Waals surface area contributed by atoms with Crippen molar-refractivity contribution >= 4 is 0 Å². The van der Waals surface area contributed by atoms with Crippen LogP contribution in [0.2, 0.25) is 0 Å². The first kappa shape index (κ1) is 14.3. The van der Waals surface area contributed by atoms with Gasteiger partial charge in [0.05, 0.1) is 7.11 Å². The van der Waals surface area contributed by atoms with Crippen LogP contribution in [-0.4, -0.2) is 42.2 Å². The van der Waals surface area contributed by atoms with Crippen molar-refractivity contribution in [2.75, 3.05) is 20.2 Å². The van der Waals surface area contributed by atoms with Gasteiger partial charge in [0, 0.05) is 44.0 Å². The van der Waals surface area contributed by atoms with Crippen molar-refractivity contribution in [3.8, 4) is 5.88 Å². The second-order valence-corrected chi connectivity index (χ2v) is 5.38. The number of nitrogens with zero attached hydrogens (tertiary/aromatic N) is 2. The van der Waals surface area contributed by atoms with E-state index in [1.165, 1.54) is 18.4 Å². The number of pyridine rings is 1. The molecule has 0 spiro atoms. The molecule has 4 heteroatoms. The van der Waals surface area contributed by atoms with Gasteiger partial charge < -0.3 is 10.1 Å². The number of rotatable bonds is 5. The zero-order chi connectivity index (χ0) is 13.7. The number of hydrogen-bond donors (Lipinski definition) is 1. The van der Waals surface area contributed by atoms with Crippen LogP contribution in [0.15, 0.2) is 18.3 Å². The molecule has 2 rings (SSSR count). The van der Waals surface area contributed by atoms with E-state index < -0.39 is 0 Å². The van der Waals surface area contributed by atoms with Gasteiger partial charge in [-0.15, -0.1) is 0 Å². The molecule has 2 heterocycles. The second-order valence-electron chi connectivity index (χ2n) is 5.38. The third kappa shape index (κ3) is 3.91. The topological polar surface area (TPSA) is 37.4 Å². The Balaban J connectivity index is 1.99.